The molecule has 1 rings (SSSR count). The van der Waals surface area contributed by atoms with Crippen molar-refractivity contribution in [3.8, 4) is 0 Å². The molecule has 0 bridgehead atoms. The number of carbonyl (C=O) groups excluding carboxylic acids is 1. The Morgan fingerprint density at radius 1 is 1.64 bits per heavy atom. The second-order valence-corrected chi connectivity index (χ2v) is 4.02. The molecule has 1 saturated carbocycles. The van der Waals surface area contributed by atoms with E-state index in [4.69, 9.17) is 5.11 Å². The van der Waals surface area contributed by atoms with Crippen molar-refractivity contribution in [3.63, 3.8) is 0 Å². The number of carboxylic acids is 1. The van der Waals surface area contributed by atoms with Gasteiger partial charge in [0.1, 0.15) is 11.7 Å². The fraction of sp³-hybridized carbons (Fsp3) is 0.800. The molecule has 0 aliphatic heterocycles. The lowest BCUT2D eigenvalue weighted by atomic mass is 9.76. The van der Waals surface area contributed by atoms with Crippen LogP contribution < -0.4 is 0 Å². The Labute approximate surface area is 82.9 Å². The van der Waals surface area contributed by atoms with Crippen LogP contribution in [0.25, 0.3) is 0 Å². The average molecular weight is 200 g/mol. The largest absolute Gasteiger partial charge is 0.481 e. The van der Waals surface area contributed by atoms with Crippen LogP contribution in [0, 0.1) is 11.8 Å². The monoisotopic (exact) mass is 200 g/mol. The first-order chi connectivity index (χ1) is 6.52. The molecule has 4 heteroatoms. The molecule has 0 aromatic carbocycles. The highest BCUT2D eigenvalue weighted by atomic mass is 16.4. The van der Waals surface area contributed by atoms with Gasteiger partial charge in [-0.15, -0.1) is 0 Å². The number of hydrogen-bond acceptors (Lipinski definition) is 3. The Hall–Kier alpha value is -0.900. The molecule has 0 radical (unpaired) electrons. The van der Waals surface area contributed by atoms with Crippen molar-refractivity contribution < 1.29 is 19.8 Å². The Balaban J connectivity index is 2.69. The van der Waals surface area contributed by atoms with E-state index >= 15 is 0 Å². The molecule has 4 nitrogen and oxygen atoms in total. The highest BCUT2D eigenvalue weighted by Crippen LogP contribution is 2.31. The zero-order chi connectivity index (χ0) is 10.7. The lowest BCUT2D eigenvalue weighted by molar-refractivity contribution is -0.150. The molecule has 14 heavy (non-hydrogen) atoms. The Kier molecular flexibility index (Phi) is 3.63. The summed E-state index contributed by atoms with van der Waals surface area (Å²) < 4.78 is 0. The third-order valence-corrected chi connectivity index (χ3v) is 2.73. The molecule has 1 fully saturated rings. The highest BCUT2D eigenvalue weighted by molar-refractivity contribution is 5.99. The summed E-state index contributed by atoms with van der Waals surface area (Å²) in [6.07, 6.45) is 1.72. The van der Waals surface area contributed by atoms with Crippen LogP contribution in [0.3, 0.4) is 0 Å². The number of Topliss-reactive ketones (excluding diaryl/α,β-unsaturated/α-hetero) is 1. The number of rotatable bonds is 3. The molecule has 80 valence electrons. The zero-order valence-corrected chi connectivity index (χ0v) is 8.27. The van der Waals surface area contributed by atoms with Crippen molar-refractivity contribution in [3.05, 3.63) is 0 Å². The quantitative estimate of drug-likeness (QED) is 0.661. The minimum atomic E-state index is -1.04. The van der Waals surface area contributed by atoms with Crippen LogP contribution in [-0.2, 0) is 9.59 Å². The summed E-state index contributed by atoms with van der Waals surface area (Å²) in [4.78, 5) is 22.2. The van der Waals surface area contributed by atoms with Gasteiger partial charge in [-0.25, -0.2) is 0 Å². The van der Waals surface area contributed by atoms with Gasteiger partial charge in [0.15, 0.2) is 0 Å². The normalized spacial score (nSPS) is 30.0. The van der Waals surface area contributed by atoms with Gasteiger partial charge in [0, 0.05) is 6.42 Å². The number of aliphatic carboxylic acids is 1. The highest BCUT2D eigenvalue weighted by Gasteiger charge is 2.37. The summed E-state index contributed by atoms with van der Waals surface area (Å²) in [5.41, 5.74) is 0. The van der Waals surface area contributed by atoms with E-state index in [0.29, 0.717) is 12.8 Å². The smallest absolute Gasteiger partial charge is 0.314 e. The van der Waals surface area contributed by atoms with Gasteiger partial charge in [0.05, 0.1) is 6.10 Å². The number of ketones is 1. The van der Waals surface area contributed by atoms with E-state index in [1.807, 2.05) is 0 Å². The SMILES string of the molecule is CC(O)CC1CCCC(=O)C1C(=O)O. The number of aliphatic hydroxyl groups is 1. The van der Waals surface area contributed by atoms with Crippen molar-refractivity contribution in [1.29, 1.82) is 0 Å². The maximum atomic E-state index is 11.4. The summed E-state index contributed by atoms with van der Waals surface area (Å²) in [5, 5.41) is 18.1. The van der Waals surface area contributed by atoms with Crippen molar-refractivity contribution in [1.82, 2.24) is 0 Å². The van der Waals surface area contributed by atoms with Gasteiger partial charge < -0.3 is 10.2 Å². The summed E-state index contributed by atoms with van der Waals surface area (Å²) >= 11 is 0. The molecule has 3 atom stereocenters. The molecule has 0 spiro atoms. The average Bonchev–Trinajstić information content (AvgIpc) is 2.01. The van der Waals surface area contributed by atoms with E-state index in [9.17, 15) is 14.7 Å². The first-order valence-corrected chi connectivity index (χ1v) is 4.96. The van der Waals surface area contributed by atoms with Gasteiger partial charge in [0.25, 0.3) is 0 Å². The number of hydrogen-bond donors (Lipinski definition) is 2. The number of aliphatic hydroxyl groups excluding tert-OH is 1. The van der Waals surface area contributed by atoms with Crippen molar-refractivity contribution in [2.75, 3.05) is 0 Å². The van der Waals surface area contributed by atoms with Crippen LogP contribution >= 0.6 is 0 Å². The molecule has 0 aromatic heterocycles. The maximum absolute atomic E-state index is 11.4. The first-order valence-electron chi connectivity index (χ1n) is 4.96. The molecule has 0 amide bonds. The molecule has 0 heterocycles. The van der Waals surface area contributed by atoms with Gasteiger partial charge in [-0.3, -0.25) is 9.59 Å². The topological polar surface area (TPSA) is 74.6 Å². The fourth-order valence-electron chi connectivity index (χ4n) is 2.15. The Bertz CT molecular complexity index is 234. The van der Waals surface area contributed by atoms with E-state index in [1.165, 1.54) is 0 Å². The lowest BCUT2D eigenvalue weighted by Gasteiger charge is -2.28. The second kappa shape index (κ2) is 4.55. The van der Waals surface area contributed by atoms with Crippen LogP contribution in [0.4, 0.5) is 0 Å². The fourth-order valence-corrected chi connectivity index (χ4v) is 2.15. The summed E-state index contributed by atoms with van der Waals surface area (Å²) in [6, 6.07) is 0. The molecular weight excluding hydrogens is 184 g/mol. The Morgan fingerprint density at radius 3 is 2.79 bits per heavy atom. The van der Waals surface area contributed by atoms with Crippen LogP contribution in [0.5, 0.6) is 0 Å². The van der Waals surface area contributed by atoms with Gasteiger partial charge in [-0.1, -0.05) is 0 Å². The summed E-state index contributed by atoms with van der Waals surface area (Å²) in [5.74, 6) is -2.30. The van der Waals surface area contributed by atoms with Crippen LogP contribution in [-0.4, -0.2) is 28.1 Å². The summed E-state index contributed by atoms with van der Waals surface area (Å²) in [7, 11) is 0. The van der Waals surface area contributed by atoms with Gasteiger partial charge >= 0.3 is 5.97 Å². The Morgan fingerprint density at radius 2 is 2.29 bits per heavy atom. The minimum Gasteiger partial charge on any atom is -0.481 e. The molecule has 0 saturated heterocycles. The van der Waals surface area contributed by atoms with E-state index < -0.39 is 18.0 Å². The first kappa shape index (κ1) is 11.2. The van der Waals surface area contributed by atoms with Gasteiger partial charge in [-0.2, -0.15) is 0 Å². The predicted molar refractivity (Wildman–Crippen MR) is 49.8 cm³/mol. The molecule has 0 aromatic rings. The molecule has 3 unspecified atom stereocenters. The van der Waals surface area contributed by atoms with Crippen molar-refractivity contribution in [2.24, 2.45) is 11.8 Å². The maximum Gasteiger partial charge on any atom is 0.314 e. The van der Waals surface area contributed by atoms with E-state index in [1.54, 1.807) is 6.92 Å². The standard InChI is InChI=1S/C10H16O4/c1-6(11)5-7-3-2-4-8(12)9(7)10(13)14/h6-7,9,11H,2-5H2,1H3,(H,13,14). The van der Waals surface area contributed by atoms with Crippen LogP contribution in [0.15, 0.2) is 0 Å². The van der Waals surface area contributed by atoms with Gasteiger partial charge in [-0.05, 0) is 32.1 Å². The molecule has 1 aliphatic carbocycles. The van der Waals surface area contributed by atoms with E-state index in [0.717, 1.165) is 12.8 Å². The lowest BCUT2D eigenvalue weighted by Crippen LogP contribution is -2.36. The van der Waals surface area contributed by atoms with Crippen molar-refractivity contribution in [2.45, 2.75) is 38.7 Å². The van der Waals surface area contributed by atoms with E-state index in [2.05, 4.69) is 0 Å². The van der Waals surface area contributed by atoms with Gasteiger partial charge in [0.2, 0.25) is 0 Å². The molecule has 2 N–H and O–H groups in total. The minimum absolute atomic E-state index is 0.186. The van der Waals surface area contributed by atoms with Crippen LogP contribution in [0.1, 0.15) is 32.6 Å². The number of carbonyl (C=O) groups is 2. The van der Waals surface area contributed by atoms with E-state index in [-0.39, 0.29) is 11.7 Å². The molecule has 1 aliphatic rings. The summed E-state index contributed by atoms with van der Waals surface area (Å²) in [6.45, 7) is 1.62. The third-order valence-electron chi connectivity index (χ3n) is 2.73. The number of carboxylic acid groups (broad SMARTS) is 1. The second-order valence-electron chi connectivity index (χ2n) is 4.02. The van der Waals surface area contributed by atoms with Crippen molar-refractivity contribution >= 4 is 11.8 Å². The zero-order valence-electron chi connectivity index (χ0n) is 8.27. The predicted octanol–water partition coefficient (Wildman–Crippen LogP) is 0.827. The third kappa shape index (κ3) is 2.54. The van der Waals surface area contributed by atoms with Crippen LogP contribution in [0.2, 0.25) is 0 Å². The molecular formula is C10H16O4.